The first-order valence-corrected chi connectivity index (χ1v) is 5.54. The first-order chi connectivity index (χ1) is 7.91. The fourth-order valence-corrected chi connectivity index (χ4v) is 1.35. The van der Waals surface area contributed by atoms with E-state index in [4.69, 9.17) is 9.84 Å². The first-order valence-electron chi connectivity index (χ1n) is 5.54. The van der Waals surface area contributed by atoms with E-state index in [9.17, 15) is 9.90 Å². The van der Waals surface area contributed by atoms with Gasteiger partial charge in [-0.2, -0.15) is 0 Å². The van der Waals surface area contributed by atoms with Crippen LogP contribution < -0.4 is 0 Å². The van der Waals surface area contributed by atoms with Crippen molar-refractivity contribution in [2.75, 3.05) is 0 Å². The van der Waals surface area contributed by atoms with Crippen molar-refractivity contribution in [3.8, 4) is 0 Å². The standard InChI is InChI=1S/C13H18O4/c1-8-4-6-11(7-5-8)12(13(15)16)17-10(3)9(2)14/h4-7,9-10,12,14H,1-3H3,(H,15,16). The van der Waals surface area contributed by atoms with Gasteiger partial charge in [-0.15, -0.1) is 0 Å². The van der Waals surface area contributed by atoms with Crippen molar-refractivity contribution >= 4 is 5.97 Å². The van der Waals surface area contributed by atoms with Crippen LogP contribution >= 0.6 is 0 Å². The summed E-state index contributed by atoms with van der Waals surface area (Å²) in [6.45, 7) is 5.15. The number of ether oxygens (including phenoxy) is 1. The zero-order valence-corrected chi connectivity index (χ0v) is 10.3. The molecule has 17 heavy (non-hydrogen) atoms. The van der Waals surface area contributed by atoms with Gasteiger partial charge < -0.3 is 14.9 Å². The van der Waals surface area contributed by atoms with Gasteiger partial charge in [0.05, 0.1) is 12.2 Å². The molecule has 0 aliphatic heterocycles. The molecule has 0 aliphatic rings. The van der Waals surface area contributed by atoms with Crippen molar-refractivity contribution in [2.24, 2.45) is 0 Å². The molecule has 0 aliphatic carbocycles. The summed E-state index contributed by atoms with van der Waals surface area (Å²) in [6.07, 6.45) is -2.28. The largest absolute Gasteiger partial charge is 0.479 e. The van der Waals surface area contributed by atoms with Gasteiger partial charge in [-0.1, -0.05) is 29.8 Å². The van der Waals surface area contributed by atoms with E-state index >= 15 is 0 Å². The summed E-state index contributed by atoms with van der Waals surface area (Å²) >= 11 is 0. The van der Waals surface area contributed by atoms with Gasteiger partial charge >= 0.3 is 5.97 Å². The molecule has 1 rings (SSSR count). The highest BCUT2D eigenvalue weighted by Gasteiger charge is 2.24. The molecule has 0 aromatic heterocycles. The molecule has 4 nitrogen and oxygen atoms in total. The molecule has 0 fully saturated rings. The average molecular weight is 238 g/mol. The summed E-state index contributed by atoms with van der Waals surface area (Å²) in [6, 6.07) is 7.12. The maximum atomic E-state index is 11.1. The van der Waals surface area contributed by atoms with Gasteiger partial charge in [-0.05, 0) is 26.3 Å². The lowest BCUT2D eigenvalue weighted by molar-refractivity contribution is -0.158. The Bertz CT molecular complexity index is 370. The summed E-state index contributed by atoms with van der Waals surface area (Å²) in [5.41, 5.74) is 1.64. The van der Waals surface area contributed by atoms with E-state index in [1.807, 2.05) is 19.1 Å². The Morgan fingerprint density at radius 1 is 1.24 bits per heavy atom. The molecule has 0 saturated carbocycles. The van der Waals surface area contributed by atoms with E-state index in [1.165, 1.54) is 0 Å². The summed E-state index contributed by atoms with van der Waals surface area (Å²) in [5, 5.41) is 18.4. The molecule has 0 radical (unpaired) electrons. The third kappa shape index (κ3) is 3.84. The summed E-state index contributed by atoms with van der Waals surface area (Å²) in [4.78, 5) is 11.1. The molecule has 0 amide bonds. The van der Waals surface area contributed by atoms with Crippen molar-refractivity contribution < 1.29 is 19.7 Å². The number of carboxylic acid groups (broad SMARTS) is 1. The number of hydrogen-bond acceptors (Lipinski definition) is 3. The van der Waals surface area contributed by atoms with Crippen LogP contribution in [-0.2, 0) is 9.53 Å². The van der Waals surface area contributed by atoms with Gasteiger partial charge in [0, 0.05) is 0 Å². The number of carboxylic acids is 1. The number of carbonyl (C=O) groups is 1. The molecule has 1 aromatic carbocycles. The van der Waals surface area contributed by atoms with Gasteiger partial charge in [0.15, 0.2) is 6.10 Å². The smallest absolute Gasteiger partial charge is 0.337 e. The summed E-state index contributed by atoms with van der Waals surface area (Å²) in [7, 11) is 0. The Hall–Kier alpha value is -1.39. The molecule has 0 spiro atoms. The lowest BCUT2D eigenvalue weighted by atomic mass is 10.1. The Kier molecular flexibility index (Phi) is 4.66. The van der Waals surface area contributed by atoms with Crippen LogP contribution in [0.5, 0.6) is 0 Å². The van der Waals surface area contributed by atoms with E-state index in [1.54, 1.807) is 26.0 Å². The number of rotatable bonds is 5. The van der Waals surface area contributed by atoms with Crippen molar-refractivity contribution in [1.29, 1.82) is 0 Å². The molecule has 0 saturated heterocycles. The lowest BCUT2D eigenvalue weighted by Gasteiger charge is -2.21. The van der Waals surface area contributed by atoms with Crippen LogP contribution in [0.2, 0.25) is 0 Å². The average Bonchev–Trinajstić information content (AvgIpc) is 2.26. The quantitative estimate of drug-likeness (QED) is 0.822. The minimum atomic E-state index is -1.05. The molecule has 0 bridgehead atoms. The third-order valence-corrected chi connectivity index (χ3v) is 2.63. The monoisotopic (exact) mass is 238 g/mol. The number of aryl methyl sites for hydroxylation is 1. The van der Waals surface area contributed by atoms with Crippen LogP contribution in [0.3, 0.4) is 0 Å². The fraction of sp³-hybridized carbons (Fsp3) is 0.462. The van der Waals surface area contributed by atoms with Crippen LogP contribution in [0, 0.1) is 6.92 Å². The number of aliphatic hydroxyl groups excluding tert-OH is 1. The number of aliphatic hydroxyl groups is 1. The van der Waals surface area contributed by atoms with Gasteiger partial charge in [-0.3, -0.25) is 0 Å². The Morgan fingerprint density at radius 2 is 1.76 bits per heavy atom. The van der Waals surface area contributed by atoms with E-state index < -0.39 is 24.3 Å². The Morgan fingerprint density at radius 3 is 2.18 bits per heavy atom. The lowest BCUT2D eigenvalue weighted by Crippen LogP contribution is -2.28. The van der Waals surface area contributed by atoms with Gasteiger partial charge in [0.1, 0.15) is 0 Å². The summed E-state index contributed by atoms with van der Waals surface area (Å²) in [5.74, 6) is -1.05. The molecular formula is C13H18O4. The van der Waals surface area contributed by atoms with Crippen molar-refractivity contribution in [1.82, 2.24) is 0 Å². The molecule has 0 heterocycles. The van der Waals surface area contributed by atoms with E-state index in [-0.39, 0.29) is 0 Å². The molecule has 3 atom stereocenters. The maximum Gasteiger partial charge on any atom is 0.337 e. The van der Waals surface area contributed by atoms with Crippen molar-refractivity contribution in [2.45, 2.75) is 39.1 Å². The SMILES string of the molecule is Cc1ccc(C(OC(C)C(C)O)C(=O)O)cc1. The van der Waals surface area contributed by atoms with E-state index in [0.717, 1.165) is 5.56 Å². The van der Waals surface area contributed by atoms with Crippen LogP contribution in [0.4, 0.5) is 0 Å². The van der Waals surface area contributed by atoms with Crippen LogP contribution in [0.1, 0.15) is 31.1 Å². The highest BCUT2D eigenvalue weighted by Crippen LogP contribution is 2.21. The predicted molar refractivity (Wildman–Crippen MR) is 63.8 cm³/mol. The minimum absolute atomic E-state index is 0.530. The zero-order chi connectivity index (χ0) is 13.0. The molecule has 1 aromatic rings. The van der Waals surface area contributed by atoms with Crippen LogP contribution in [-0.4, -0.2) is 28.4 Å². The van der Waals surface area contributed by atoms with Gasteiger partial charge in [-0.25, -0.2) is 4.79 Å². The van der Waals surface area contributed by atoms with Gasteiger partial charge in [0.2, 0.25) is 0 Å². The molecule has 4 heteroatoms. The van der Waals surface area contributed by atoms with E-state index in [0.29, 0.717) is 5.56 Å². The fourth-order valence-electron chi connectivity index (χ4n) is 1.35. The molecular weight excluding hydrogens is 220 g/mol. The second-order valence-electron chi connectivity index (χ2n) is 4.21. The van der Waals surface area contributed by atoms with Crippen LogP contribution in [0.25, 0.3) is 0 Å². The highest BCUT2D eigenvalue weighted by molar-refractivity contribution is 5.74. The second-order valence-corrected chi connectivity index (χ2v) is 4.21. The topological polar surface area (TPSA) is 66.8 Å². The van der Waals surface area contributed by atoms with Crippen molar-refractivity contribution in [3.05, 3.63) is 35.4 Å². The maximum absolute atomic E-state index is 11.1. The van der Waals surface area contributed by atoms with Gasteiger partial charge in [0.25, 0.3) is 0 Å². The Labute approximate surface area is 101 Å². The van der Waals surface area contributed by atoms with Crippen molar-refractivity contribution in [3.63, 3.8) is 0 Å². The first kappa shape index (κ1) is 13.7. The van der Waals surface area contributed by atoms with E-state index in [2.05, 4.69) is 0 Å². The number of aliphatic carboxylic acids is 1. The number of benzene rings is 1. The number of hydrogen-bond donors (Lipinski definition) is 2. The minimum Gasteiger partial charge on any atom is -0.479 e. The zero-order valence-electron chi connectivity index (χ0n) is 10.3. The molecule has 94 valence electrons. The second kappa shape index (κ2) is 5.80. The third-order valence-electron chi connectivity index (χ3n) is 2.63. The highest BCUT2D eigenvalue weighted by atomic mass is 16.5. The molecule has 3 unspecified atom stereocenters. The molecule has 2 N–H and O–H groups in total. The predicted octanol–water partition coefficient (Wildman–Crippen LogP) is 1.91. The normalized spacial score (nSPS) is 16.2. The summed E-state index contributed by atoms with van der Waals surface area (Å²) < 4.78 is 5.35. The van der Waals surface area contributed by atoms with Crippen LogP contribution in [0.15, 0.2) is 24.3 Å². The Balaban J connectivity index is 2.86.